The van der Waals surface area contributed by atoms with Crippen LogP contribution in [0.2, 0.25) is 0 Å². The van der Waals surface area contributed by atoms with Gasteiger partial charge in [0.1, 0.15) is 6.10 Å². The smallest absolute Gasteiger partial charge is 0.338 e. The Bertz CT molecular complexity index is 414. The molecule has 1 saturated carbocycles. The Balaban J connectivity index is 2.03. The summed E-state index contributed by atoms with van der Waals surface area (Å²) in [7, 11) is 0. The summed E-state index contributed by atoms with van der Waals surface area (Å²) in [6.07, 6.45) is 3.03. The molecule has 2 rings (SSSR count). The summed E-state index contributed by atoms with van der Waals surface area (Å²) in [6, 6.07) is 8.84. The normalized spacial score (nSPS) is 22.4. The van der Waals surface area contributed by atoms with Crippen molar-refractivity contribution < 1.29 is 14.7 Å². The molecular formula is C13H15NO3. The highest BCUT2D eigenvalue weighted by molar-refractivity contribution is 5.94. The van der Waals surface area contributed by atoms with Crippen molar-refractivity contribution in [3.8, 4) is 0 Å². The number of esters is 1. The molecule has 4 heteroatoms. The molecule has 1 aromatic rings. The molecule has 0 bridgehead atoms. The topological polar surface area (TPSA) is 58.9 Å². The predicted molar refractivity (Wildman–Crippen MR) is 63.3 cm³/mol. The van der Waals surface area contributed by atoms with Crippen LogP contribution in [0.25, 0.3) is 0 Å². The molecule has 1 atom stereocenters. The van der Waals surface area contributed by atoms with Crippen molar-refractivity contribution >= 4 is 11.7 Å². The van der Waals surface area contributed by atoms with E-state index in [4.69, 9.17) is 9.94 Å². The number of ether oxygens (including phenoxy) is 1. The van der Waals surface area contributed by atoms with Crippen molar-refractivity contribution in [3.63, 3.8) is 0 Å². The maximum atomic E-state index is 11.8. The van der Waals surface area contributed by atoms with Gasteiger partial charge in [-0.2, -0.15) is 0 Å². The third kappa shape index (κ3) is 2.84. The van der Waals surface area contributed by atoms with Crippen LogP contribution in [0.4, 0.5) is 0 Å². The molecule has 4 nitrogen and oxygen atoms in total. The van der Waals surface area contributed by atoms with Crippen LogP contribution in [0, 0.1) is 0 Å². The Hall–Kier alpha value is -1.84. The molecule has 1 N–H and O–H groups in total. The lowest BCUT2D eigenvalue weighted by molar-refractivity contribution is 0.0389. The van der Waals surface area contributed by atoms with E-state index in [1.54, 1.807) is 24.3 Å². The molecule has 90 valence electrons. The highest BCUT2D eigenvalue weighted by atomic mass is 16.5. The van der Waals surface area contributed by atoms with E-state index in [2.05, 4.69) is 5.16 Å². The molecule has 1 aliphatic rings. The summed E-state index contributed by atoms with van der Waals surface area (Å²) in [5.41, 5.74) is 1.09. The predicted octanol–water partition coefficient (Wildman–Crippen LogP) is 2.62. The first-order valence-corrected chi connectivity index (χ1v) is 5.78. The maximum absolute atomic E-state index is 11.8. The Labute approximate surface area is 99.9 Å². The Morgan fingerprint density at radius 3 is 2.76 bits per heavy atom. The number of carbonyl (C=O) groups excluding carboxylic acids is 1. The highest BCUT2D eigenvalue weighted by Gasteiger charge is 2.25. The minimum Gasteiger partial charge on any atom is -0.452 e. The number of benzene rings is 1. The fraction of sp³-hybridized carbons (Fsp3) is 0.385. The van der Waals surface area contributed by atoms with Gasteiger partial charge >= 0.3 is 5.97 Å². The zero-order valence-corrected chi connectivity index (χ0v) is 9.50. The second-order valence-electron chi connectivity index (χ2n) is 4.10. The number of carbonyl (C=O) groups is 1. The van der Waals surface area contributed by atoms with Crippen molar-refractivity contribution in [2.45, 2.75) is 31.8 Å². The van der Waals surface area contributed by atoms with Crippen LogP contribution in [-0.4, -0.2) is 23.0 Å². The largest absolute Gasteiger partial charge is 0.452 e. The summed E-state index contributed by atoms with van der Waals surface area (Å²) < 4.78 is 5.35. The van der Waals surface area contributed by atoms with E-state index in [0.717, 1.165) is 19.3 Å². The molecule has 0 saturated heterocycles. The Morgan fingerprint density at radius 2 is 2.06 bits per heavy atom. The van der Waals surface area contributed by atoms with Crippen LogP contribution in [0.15, 0.2) is 35.5 Å². The lowest BCUT2D eigenvalue weighted by atomic mass is 9.95. The Kier molecular flexibility index (Phi) is 3.75. The second-order valence-corrected chi connectivity index (χ2v) is 4.10. The number of rotatable bonds is 2. The van der Waals surface area contributed by atoms with E-state index < -0.39 is 0 Å². The van der Waals surface area contributed by atoms with Crippen LogP contribution in [-0.2, 0) is 4.74 Å². The fourth-order valence-electron chi connectivity index (χ4n) is 1.98. The molecule has 0 radical (unpaired) electrons. The standard InChI is InChI=1S/C13H15NO3/c15-13(10-6-2-1-3-7-10)17-12-9-5-4-8-11(12)14-16/h1-3,6-7,12,16H,4-5,8-9H2/b14-11-. The van der Waals surface area contributed by atoms with Gasteiger partial charge in [0, 0.05) is 0 Å². The number of hydrogen-bond acceptors (Lipinski definition) is 4. The fourth-order valence-corrected chi connectivity index (χ4v) is 1.98. The molecule has 1 aromatic carbocycles. The van der Waals surface area contributed by atoms with E-state index in [0.29, 0.717) is 17.7 Å². The maximum Gasteiger partial charge on any atom is 0.338 e. The van der Waals surface area contributed by atoms with E-state index in [1.165, 1.54) is 0 Å². The second kappa shape index (κ2) is 5.48. The third-order valence-corrected chi connectivity index (χ3v) is 2.91. The van der Waals surface area contributed by atoms with Crippen molar-refractivity contribution in [1.82, 2.24) is 0 Å². The van der Waals surface area contributed by atoms with Crippen LogP contribution in [0.5, 0.6) is 0 Å². The van der Waals surface area contributed by atoms with Crippen molar-refractivity contribution in [2.75, 3.05) is 0 Å². The van der Waals surface area contributed by atoms with E-state index in [9.17, 15) is 4.79 Å². The molecule has 1 aliphatic carbocycles. The van der Waals surface area contributed by atoms with Gasteiger partial charge in [0.25, 0.3) is 0 Å². The first-order chi connectivity index (χ1) is 8.31. The third-order valence-electron chi connectivity index (χ3n) is 2.91. The molecule has 1 unspecified atom stereocenters. The van der Waals surface area contributed by atoms with Gasteiger partial charge in [-0.1, -0.05) is 23.4 Å². The molecule has 17 heavy (non-hydrogen) atoms. The van der Waals surface area contributed by atoms with Crippen molar-refractivity contribution in [1.29, 1.82) is 0 Å². The quantitative estimate of drug-likeness (QED) is 0.485. The van der Waals surface area contributed by atoms with Gasteiger partial charge in [0.15, 0.2) is 0 Å². The molecule has 0 spiro atoms. The van der Waals surface area contributed by atoms with Gasteiger partial charge in [-0.15, -0.1) is 0 Å². The molecular weight excluding hydrogens is 218 g/mol. The summed E-state index contributed by atoms with van der Waals surface area (Å²) >= 11 is 0. The first-order valence-electron chi connectivity index (χ1n) is 5.78. The minimum absolute atomic E-state index is 0.362. The average molecular weight is 233 g/mol. The first kappa shape index (κ1) is 11.6. The SMILES string of the molecule is O=C(OC1CCCC/C1=N/O)c1ccccc1. The Morgan fingerprint density at radius 1 is 1.29 bits per heavy atom. The lowest BCUT2D eigenvalue weighted by Gasteiger charge is -2.22. The van der Waals surface area contributed by atoms with Crippen LogP contribution < -0.4 is 0 Å². The summed E-state index contributed by atoms with van der Waals surface area (Å²) in [6.45, 7) is 0. The van der Waals surface area contributed by atoms with Crippen LogP contribution in [0.3, 0.4) is 0 Å². The number of oxime groups is 1. The van der Waals surface area contributed by atoms with Gasteiger partial charge in [-0.05, 0) is 37.8 Å². The monoisotopic (exact) mass is 233 g/mol. The highest BCUT2D eigenvalue weighted by Crippen LogP contribution is 2.19. The molecule has 0 aliphatic heterocycles. The summed E-state index contributed by atoms with van der Waals surface area (Å²) in [5.74, 6) is -0.362. The molecule has 0 aromatic heterocycles. The van der Waals surface area contributed by atoms with Gasteiger partial charge in [-0.25, -0.2) is 4.79 Å². The minimum atomic E-state index is -0.374. The molecule has 0 amide bonds. The van der Waals surface area contributed by atoms with Gasteiger partial charge in [0.05, 0.1) is 11.3 Å². The van der Waals surface area contributed by atoms with Crippen molar-refractivity contribution in [2.24, 2.45) is 5.16 Å². The molecule has 1 fully saturated rings. The van der Waals surface area contributed by atoms with Crippen molar-refractivity contribution in [3.05, 3.63) is 35.9 Å². The van der Waals surface area contributed by atoms with Gasteiger partial charge in [-0.3, -0.25) is 0 Å². The zero-order chi connectivity index (χ0) is 12.1. The number of hydrogen-bond donors (Lipinski definition) is 1. The summed E-state index contributed by atoms with van der Waals surface area (Å²) in [5, 5.41) is 12.1. The average Bonchev–Trinajstić information content (AvgIpc) is 2.40. The number of nitrogens with zero attached hydrogens (tertiary/aromatic N) is 1. The van der Waals surface area contributed by atoms with E-state index in [-0.39, 0.29) is 12.1 Å². The van der Waals surface area contributed by atoms with Crippen LogP contribution in [0.1, 0.15) is 36.0 Å². The van der Waals surface area contributed by atoms with E-state index >= 15 is 0 Å². The van der Waals surface area contributed by atoms with Crippen LogP contribution >= 0.6 is 0 Å². The summed E-state index contributed by atoms with van der Waals surface area (Å²) in [4.78, 5) is 11.8. The van der Waals surface area contributed by atoms with Gasteiger partial charge < -0.3 is 9.94 Å². The van der Waals surface area contributed by atoms with E-state index in [1.807, 2.05) is 6.07 Å². The van der Waals surface area contributed by atoms with Gasteiger partial charge in [0.2, 0.25) is 0 Å². The lowest BCUT2D eigenvalue weighted by Crippen LogP contribution is -2.30. The zero-order valence-electron chi connectivity index (χ0n) is 9.50. The molecule has 0 heterocycles.